The Morgan fingerprint density at radius 1 is 1.19 bits per heavy atom. The molecule has 0 saturated heterocycles. The smallest absolute Gasteiger partial charge is 0.0645 e. The second-order valence-corrected chi connectivity index (χ2v) is 6.54. The summed E-state index contributed by atoms with van der Waals surface area (Å²) < 4.78 is 1.93. The maximum absolute atomic E-state index is 4.43. The number of nitrogens with zero attached hydrogens (tertiary/aromatic N) is 3. The molecule has 4 nitrogen and oxygen atoms in total. The Hall–Kier alpha value is -1.65. The van der Waals surface area contributed by atoms with Gasteiger partial charge in [0.25, 0.3) is 0 Å². The van der Waals surface area contributed by atoms with Crippen molar-refractivity contribution in [2.45, 2.75) is 32.9 Å². The molecule has 0 fully saturated rings. The Kier molecular flexibility index (Phi) is 5.15. The van der Waals surface area contributed by atoms with Gasteiger partial charge in [-0.1, -0.05) is 18.2 Å². The minimum atomic E-state index is 0.180. The van der Waals surface area contributed by atoms with E-state index in [2.05, 4.69) is 61.5 Å². The zero-order valence-electron chi connectivity index (χ0n) is 13.5. The molecule has 0 aliphatic rings. The van der Waals surface area contributed by atoms with Gasteiger partial charge in [-0.2, -0.15) is 5.10 Å². The molecule has 21 heavy (non-hydrogen) atoms. The largest absolute Gasteiger partial charge is 0.311 e. The molecule has 0 unspecified atom stereocenters. The van der Waals surface area contributed by atoms with Crippen molar-refractivity contribution in [1.82, 2.24) is 20.0 Å². The number of nitrogens with one attached hydrogen (secondary N) is 1. The fourth-order valence-electron chi connectivity index (χ4n) is 2.18. The molecule has 0 amide bonds. The molecule has 114 valence electrons. The van der Waals surface area contributed by atoms with E-state index in [0.717, 1.165) is 25.3 Å². The number of likely N-dealkylation sites (N-methyl/N-ethyl adjacent to an activating group) is 1. The van der Waals surface area contributed by atoms with Crippen LogP contribution < -0.4 is 5.32 Å². The molecule has 0 radical (unpaired) electrons. The van der Waals surface area contributed by atoms with Gasteiger partial charge in [0.2, 0.25) is 0 Å². The molecule has 0 aliphatic heterocycles. The van der Waals surface area contributed by atoms with Crippen LogP contribution in [0.1, 0.15) is 26.3 Å². The van der Waals surface area contributed by atoms with Gasteiger partial charge in [0, 0.05) is 36.9 Å². The molecule has 4 heteroatoms. The van der Waals surface area contributed by atoms with Gasteiger partial charge in [-0.25, -0.2) is 4.68 Å². The van der Waals surface area contributed by atoms with Gasteiger partial charge >= 0.3 is 0 Å². The van der Waals surface area contributed by atoms with Crippen LogP contribution in [-0.2, 0) is 6.54 Å². The highest BCUT2D eigenvalue weighted by Crippen LogP contribution is 2.09. The Morgan fingerprint density at radius 3 is 2.57 bits per heavy atom. The summed E-state index contributed by atoms with van der Waals surface area (Å²) in [4.78, 5) is 2.31. The van der Waals surface area contributed by atoms with Gasteiger partial charge < -0.3 is 10.2 Å². The maximum Gasteiger partial charge on any atom is 0.0645 e. The van der Waals surface area contributed by atoms with Crippen molar-refractivity contribution in [2.75, 3.05) is 20.1 Å². The first-order valence-electron chi connectivity index (χ1n) is 7.46. The number of rotatable bonds is 6. The number of hydrogen-bond donors (Lipinski definition) is 1. The summed E-state index contributed by atoms with van der Waals surface area (Å²) in [5.41, 5.74) is 2.51. The molecule has 1 N–H and O–H groups in total. The first kappa shape index (κ1) is 15.7. The van der Waals surface area contributed by atoms with Crippen molar-refractivity contribution in [3.8, 4) is 5.69 Å². The van der Waals surface area contributed by atoms with Crippen LogP contribution in [0.4, 0.5) is 0 Å². The summed E-state index contributed by atoms with van der Waals surface area (Å²) in [6, 6.07) is 10.2. The molecular weight excluding hydrogens is 260 g/mol. The summed E-state index contributed by atoms with van der Waals surface area (Å²) in [5, 5.41) is 7.94. The van der Waals surface area contributed by atoms with E-state index in [1.807, 2.05) is 29.1 Å². The van der Waals surface area contributed by atoms with Crippen molar-refractivity contribution in [3.05, 3.63) is 48.3 Å². The summed E-state index contributed by atoms with van der Waals surface area (Å²) in [6.45, 7) is 9.50. The average Bonchev–Trinajstić information content (AvgIpc) is 2.86. The lowest BCUT2D eigenvalue weighted by Gasteiger charge is -2.23. The van der Waals surface area contributed by atoms with Gasteiger partial charge in [-0.3, -0.25) is 0 Å². The minimum Gasteiger partial charge on any atom is -0.311 e. The SMILES string of the molecule is CN(CCNC(C)(C)C)Cc1cnn(-c2ccccc2)c1. The van der Waals surface area contributed by atoms with Crippen molar-refractivity contribution in [3.63, 3.8) is 0 Å². The van der Waals surface area contributed by atoms with E-state index in [-0.39, 0.29) is 5.54 Å². The lowest BCUT2D eigenvalue weighted by atomic mass is 10.1. The van der Waals surface area contributed by atoms with E-state index in [0.29, 0.717) is 0 Å². The molecule has 0 bridgehead atoms. The van der Waals surface area contributed by atoms with Crippen molar-refractivity contribution < 1.29 is 0 Å². The fraction of sp³-hybridized carbons (Fsp3) is 0.471. The van der Waals surface area contributed by atoms with Crippen LogP contribution in [0.5, 0.6) is 0 Å². The summed E-state index contributed by atoms with van der Waals surface area (Å²) in [5.74, 6) is 0. The Balaban J connectivity index is 1.85. The minimum absolute atomic E-state index is 0.180. The lowest BCUT2D eigenvalue weighted by Crippen LogP contribution is -2.40. The number of hydrogen-bond acceptors (Lipinski definition) is 3. The average molecular weight is 286 g/mol. The summed E-state index contributed by atoms with van der Waals surface area (Å²) in [6.07, 6.45) is 4.05. The normalized spacial score (nSPS) is 12.0. The zero-order chi connectivity index (χ0) is 15.3. The van der Waals surface area contributed by atoms with Crippen LogP contribution in [0.25, 0.3) is 5.69 Å². The van der Waals surface area contributed by atoms with Crippen LogP contribution in [0.2, 0.25) is 0 Å². The van der Waals surface area contributed by atoms with E-state index in [1.54, 1.807) is 0 Å². The number of benzene rings is 1. The molecule has 0 aliphatic carbocycles. The van der Waals surface area contributed by atoms with Gasteiger partial charge in [0.1, 0.15) is 0 Å². The predicted octanol–water partition coefficient (Wildman–Crippen LogP) is 2.69. The molecule has 2 rings (SSSR count). The van der Waals surface area contributed by atoms with Crippen molar-refractivity contribution in [1.29, 1.82) is 0 Å². The van der Waals surface area contributed by atoms with Gasteiger partial charge in [0.05, 0.1) is 11.9 Å². The number of para-hydroxylation sites is 1. The monoisotopic (exact) mass is 286 g/mol. The van der Waals surface area contributed by atoms with E-state index in [1.165, 1.54) is 5.56 Å². The van der Waals surface area contributed by atoms with E-state index >= 15 is 0 Å². The highest BCUT2D eigenvalue weighted by atomic mass is 15.3. The third-order valence-electron chi connectivity index (χ3n) is 3.26. The first-order chi connectivity index (χ1) is 9.94. The van der Waals surface area contributed by atoms with Crippen LogP contribution in [-0.4, -0.2) is 40.4 Å². The third-order valence-corrected chi connectivity index (χ3v) is 3.26. The fourth-order valence-corrected chi connectivity index (χ4v) is 2.18. The summed E-state index contributed by atoms with van der Waals surface area (Å²) >= 11 is 0. The highest BCUT2D eigenvalue weighted by Gasteiger charge is 2.09. The van der Waals surface area contributed by atoms with Crippen LogP contribution >= 0.6 is 0 Å². The molecule has 0 saturated carbocycles. The summed E-state index contributed by atoms with van der Waals surface area (Å²) in [7, 11) is 2.14. The van der Waals surface area contributed by atoms with E-state index in [4.69, 9.17) is 0 Å². The molecule has 0 atom stereocenters. The van der Waals surface area contributed by atoms with Gasteiger partial charge in [-0.15, -0.1) is 0 Å². The first-order valence-corrected chi connectivity index (χ1v) is 7.46. The maximum atomic E-state index is 4.43. The van der Waals surface area contributed by atoms with E-state index in [9.17, 15) is 0 Å². The highest BCUT2D eigenvalue weighted by molar-refractivity contribution is 5.30. The second kappa shape index (κ2) is 6.87. The third kappa shape index (κ3) is 5.33. The standard InChI is InChI=1S/C17H26N4/c1-17(2,3)18-10-11-20(4)13-15-12-19-21(14-15)16-8-6-5-7-9-16/h5-9,12,14,18H,10-11,13H2,1-4H3. The molecule has 1 aromatic carbocycles. The molecule has 1 aromatic heterocycles. The Labute approximate surface area is 127 Å². The molecule has 1 heterocycles. The lowest BCUT2D eigenvalue weighted by molar-refractivity contribution is 0.303. The van der Waals surface area contributed by atoms with Crippen LogP contribution in [0, 0.1) is 0 Å². The van der Waals surface area contributed by atoms with E-state index < -0.39 is 0 Å². The quantitative estimate of drug-likeness (QED) is 0.886. The number of aromatic nitrogens is 2. The van der Waals surface area contributed by atoms with Crippen LogP contribution in [0.15, 0.2) is 42.7 Å². The van der Waals surface area contributed by atoms with Crippen molar-refractivity contribution in [2.24, 2.45) is 0 Å². The van der Waals surface area contributed by atoms with Gasteiger partial charge in [-0.05, 0) is 40.0 Å². The second-order valence-electron chi connectivity index (χ2n) is 6.54. The zero-order valence-corrected chi connectivity index (χ0v) is 13.5. The van der Waals surface area contributed by atoms with Gasteiger partial charge in [0.15, 0.2) is 0 Å². The Morgan fingerprint density at radius 2 is 1.90 bits per heavy atom. The predicted molar refractivity (Wildman–Crippen MR) is 87.7 cm³/mol. The molecule has 2 aromatic rings. The molecular formula is C17H26N4. The molecule has 0 spiro atoms. The topological polar surface area (TPSA) is 33.1 Å². The Bertz CT molecular complexity index is 539. The van der Waals surface area contributed by atoms with Crippen molar-refractivity contribution >= 4 is 0 Å². The van der Waals surface area contributed by atoms with Crippen LogP contribution in [0.3, 0.4) is 0 Å².